The summed E-state index contributed by atoms with van der Waals surface area (Å²) >= 11 is 0. The summed E-state index contributed by atoms with van der Waals surface area (Å²) in [5.41, 5.74) is 7.47. The van der Waals surface area contributed by atoms with E-state index in [0.29, 0.717) is 6.42 Å². The maximum absolute atomic E-state index is 4.63. The molecule has 0 saturated carbocycles. The quantitative estimate of drug-likeness (QED) is 0.560. The van der Waals surface area contributed by atoms with Gasteiger partial charge in [-0.05, 0) is 43.7 Å². The first-order valence-corrected chi connectivity index (χ1v) is 11.4. The molecule has 170 valence electrons. The maximum atomic E-state index is 4.63. The van der Waals surface area contributed by atoms with Gasteiger partial charge in [0.1, 0.15) is 6.20 Å². The normalized spacial score (nSPS) is 13.7. The number of aromatic nitrogens is 3. The third-order valence-electron chi connectivity index (χ3n) is 6.04. The van der Waals surface area contributed by atoms with Crippen LogP contribution < -0.4 is 14.8 Å². The first-order valence-electron chi connectivity index (χ1n) is 11.4. The Balaban J connectivity index is 1.35. The topological polar surface area (TPSA) is 48.2 Å². The summed E-state index contributed by atoms with van der Waals surface area (Å²) in [5.74, 6) is 1.01. The number of pyridine rings is 3. The number of hydrogen-bond acceptors (Lipinski definition) is 5. The van der Waals surface area contributed by atoms with E-state index < -0.39 is 0 Å². The number of allylic oxidation sites excluding steroid dienone is 2. The van der Waals surface area contributed by atoms with E-state index in [9.17, 15) is 0 Å². The molecule has 0 radical (unpaired) electrons. The molecule has 0 unspecified atom stereocenters. The second kappa shape index (κ2) is 9.86. The number of nitrogens with zero attached hydrogens (tertiary/aromatic N) is 5. The van der Waals surface area contributed by atoms with Gasteiger partial charge in [-0.3, -0.25) is 9.97 Å². The molecule has 1 aliphatic heterocycles. The van der Waals surface area contributed by atoms with Crippen LogP contribution in [-0.4, -0.2) is 41.0 Å². The maximum Gasteiger partial charge on any atom is 0.279 e. The van der Waals surface area contributed by atoms with Gasteiger partial charge in [0, 0.05) is 68.0 Å². The first kappa shape index (κ1) is 22.5. The molecule has 0 amide bonds. The Kier molecular flexibility index (Phi) is 6.73. The fourth-order valence-corrected chi connectivity index (χ4v) is 4.13. The molecule has 6 nitrogen and oxygen atoms in total. The van der Waals surface area contributed by atoms with Gasteiger partial charge in [0.15, 0.2) is 0 Å². The summed E-state index contributed by atoms with van der Waals surface area (Å²) in [6.07, 6.45) is 6.64. The zero-order valence-electron chi connectivity index (χ0n) is 19.9. The van der Waals surface area contributed by atoms with E-state index in [1.165, 1.54) is 5.69 Å². The minimum atomic E-state index is 0.716. The Hall–Kier alpha value is -3.67. The Morgan fingerprint density at radius 2 is 1.85 bits per heavy atom. The van der Waals surface area contributed by atoms with Gasteiger partial charge in [0.25, 0.3) is 5.82 Å². The van der Waals surface area contributed by atoms with Crippen LogP contribution in [0.25, 0.3) is 11.3 Å². The molecule has 3 aromatic heterocycles. The van der Waals surface area contributed by atoms with Crippen molar-refractivity contribution < 1.29 is 4.57 Å². The van der Waals surface area contributed by atoms with E-state index in [2.05, 4.69) is 87.2 Å². The van der Waals surface area contributed by atoms with Gasteiger partial charge >= 0.3 is 0 Å². The molecule has 3 aromatic rings. The average molecular weight is 442 g/mol. The van der Waals surface area contributed by atoms with Crippen LogP contribution in [0.1, 0.15) is 18.2 Å². The average Bonchev–Trinajstić information content (AvgIpc) is 2.81. The van der Waals surface area contributed by atoms with Gasteiger partial charge in [-0.1, -0.05) is 19.2 Å². The monoisotopic (exact) mass is 441 g/mol. The van der Waals surface area contributed by atoms with Crippen LogP contribution >= 0.6 is 0 Å². The van der Waals surface area contributed by atoms with Crippen LogP contribution in [0.4, 0.5) is 11.5 Å². The van der Waals surface area contributed by atoms with E-state index >= 15 is 0 Å². The summed E-state index contributed by atoms with van der Waals surface area (Å²) in [6, 6.07) is 12.5. The molecule has 6 heteroatoms. The molecular weight excluding hydrogens is 408 g/mol. The molecule has 4 rings (SSSR count). The summed E-state index contributed by atoms with van der Waals surface area (Å²) in [5, 5.41) is 3.46. The highest BCUT2D eigenvalue weighted by molar-refractivity contribution is 5.59. The summed E-state index contributed by atoms with van der Waals surface area (Å²) in [4.78, 5) is 13.7. The van der Waals surface area contributed by atoms with E-state index in [4.69, 9.17) is 0 Å². The molecule has 0 spiro atoms. The van der Waals surface area contributed by atoms with Crippen LogP contribution in [0.5, 0.6) is 0 Å². The van der Waals surface area contributed by atoms with Gasteiger partial charge in [-0.2, -0.15) is 0 Å². The van der Waals surface area contributed by atoms with Crippen molar-refractivity contribution in [3.63, 3.8) is 0 Å². The molecule has 33 heavy (non-hydrogen) atoms. The number of anilines is 2. The van der Waals surface area contributed by atoms with Crippen molar-refractivity contribution in [2.75, 3.05) is 36.4 Å². The molecule has 4 heterocycles. The van der Waals surface area contributed by atoms with Gasteiger partial charge in [-0.15, -0.1) is 0 Å². The largest absolute Gasteiger partial charge is 0.372 e. The molecular formula is C27H33N6+. The predicted molar refractivity (Wildman–Crippen MR) is 135 cm³/mol. The number of aryl methyl sites for hydroxylation is 2. The third kappa shape index (κ3) is 5.58. The fourth-order valence-electron chi connectivity index (χ4n) is 4.13. The summed E-state index contributed by atoms with van der Waals surface area (Å²) in [6.45, 7) is 16.4. The Morgan fingerprint density at radius 1 is 1.06 bits per heavy atom. The summed E-state index contributed by atoms with van der Waals surface area (Å²) in [7, 11) is 2.07. The lowest BCUT2D eigenvalue weighted by atomic mass is 10.1. The Bertz CT molecular complexity index is 1140. The lowest BCUT2D eigenvalue weighted by Crippen LogP contribution is -2.46. The van der Waals surface area contributed by atoms with Crippen molar-refractivity contribution in [3.8, 4) is 11.3 Å². The van der Waals surface area contributed by atoms with E-state index in [1.807, 2.05) is 31.5 Å². The minimum Gasteiger partial charge on any atom is -0.372 e. The molecule has 0 atom stereocenters. The van der Waals surface area contributed by atoms with Crippen molar-refractivity contribution >= 4 is 11.5 Å². The first-order chi connectivity index (χ1) is 15.9. The molecule has 1 saturated heterocycles. The number of hydrogen-bond donors (Lipinski definition) is 1. The van der Waals surface area contributed by atoms with Crippen LogP contribution in [-0.2, 0) is 13.5 Å². The van der Waals surface area contributed by atoms with Crippen molar-refractivity contribution in [1.29, 1.82) is 0 Å². The second-order valence-corrected chi connectivity index (χ2v) is 8.74. The fraction of sp³-hybridized carbons (Fsp3) is 0.296. The van der Waals surface area contributed by atoms with E-state index in [0.717, 1.165) is 65.9 Å². The van der Waals surface area contributed by atoms with Gasteiger partial charge < -0.3 is 9.80 Å². The SMILES string of the molecule is C=C(Cc1ccc(-c2ccnc(C)c2)nc1)Nc1ccc(N2CCN(C(=C)C)CC2)c[n+]1C. The van der Waals surface area contributed by atoms with Gasteiger partial charge in [-0.25, -0.2) is 9.88 Å². The van der Waals surface area contributed by atoms with Crippen LogP contribution in [0.2, 0.25) is 0 Å². The van der Waals surface area contributed by atoms with Crippen LogP contribution in [0, 0.1) is 6.92 Å². The third-order valence-corrected chi connectivity index (χ3v) is 6.04. The highest BCUT2D eigenvalue weighted by Crippen LogP contribution is 2.20. The van der Waals surface area contributed by atoms with Gasteiger partial charge in [0.05, 0.1) is 24.1 Å². The Labute approximate surface area is 196 Å². The standard InChI is InChI=1S/C27H32N6/c1-20(2)32-12-14-33(15-13-32)25-7-9-27(31(5)19-25)30-22(4)16-23-6-8-26(29-18-23)24-10-11-28-21(3)17-24/h6-11,17-19H,1,4,12-16H2,2-3,5H3/p+1. The number of rotatable bonds is 7. The van der Waals surface area contributed by atoms with E-state index in [1.54, 1.807) is 0 Å². The van der Waals surface area contributed by atoms with Crippen molar-refractivity contribution in [2.24, 2.45) is 7.05 Å². The summed E-state index contributed by atoms with van der Waals surface area (Å²) < 4.78 is 2.12. The molecule has 0 bridgehead atoms. The number of piperazine rings is 1. The highest BCUT2D eigenvalue weighted by Gasteiger charge is 2.19. The zero-order chi connectivity index (χ0) is 23.4. The zero-order valence-corrected chi connectivity index (χ0v) is 19.9. The smallest absolute Gasteiger partial charge is 0.279 e. The predicted octanol–water partition coefficient (Wildman–Crippen LogP) is 4.10. The van der Waals surface area contributed by atoms with Crippen LogP contribution in [0.3, 0.4) is 0 Å². The molecule has 1 fully saturated rings. The second-order valence-electron chi connectivity index (χ2n) is 8.74. The molecule has 0 aliphatic carbocycles. The number of nitrogens with one attached hydrogen (secondary N) is 1. The van der Waals surface area contributed by atoms with E-state index in [-0.39, 0.29) is 0 Å². The van der Waals surface area contributed by atoms with Gasteiger partial charge in [0.2, 0.25) is 0 Å². The van der Waals surface area contributed by atoms with Crippen molar-refractivity contribution in [2.45, 2.75) is 20.3 Å². The van der Waals surface area contributed by atoms with Crippen molar-refractivity contribution in [3.05, 3.63) is 90.8 Å². The molecule has 1 aliphatic rings. The minimum absolute atomic E-state index is 0.716. The van der Waals surface area contributed by atoms with Crippen LogP contribution in [0.15, 0.2) is 79.5 Å². The lowest BCUT2D eigenvalue weighted by Gasteiger charge is -2.37. The molecule has 1 N–H and O–H groups in total. The molecule has 0 aromatic carbocycles. The Morgan fingerprint density at radius 3 is 2.48 bits per heavy atom. The highest BCUT2D eigenvalue weighted by atomic mass is 15.3. The lowest BCUT2D eigenvalue weighted by molar-refractivity contribution is -0.656. The van der Waals surface area contributed by atoms with Crippen molar-refractivity contribution in [1.82, 2.24) is 14.9 Å².